The van der Waals surface area contributed by atoms with Gasteiger partial charge in [0, 0.05) is 18.0 Å². The van der Waals surface area contributed by atoms with Crippen LogP contribution in [0.4, 0.5) is 0 Å². The number of aryl methyl sites for hydroxylation is 5. The van der Waals surface area contributed by atoms with Crippen molar-refractivity contribution in [1.82, 2.24) is 14.2 Å². The molecule has 1 atom stereocenters. The van der Waals surface area contributed by atoms with Crippen LogP contribution in [-0.2, 0) is 6.54 Å². The number of hydrogen-bond donors (Lipinski definition) is 1. The molecule has 0 aliphatic rings. The minimum absolute atomic E-state index is 0.164. The summed E-state index contributed by atoms with van der Waals surface area (Å²) < 4.78 is 3.18. The summed E-state index contributed by atoms with van der Waals surface area (Å²) in [6.07, 6.45) is 2.70. The van der Waals surface area contributed by atoms with Crippen molar-refractivity contribution in [3.63, 3.8) is 0 Å². The van der Waals surface area contributed by atoms with Crippen LogP contribution in [0.25, 0.3) is 16.8 Å². The van der Waals surface area contributed by atoms with E-state index in [1.54, 1.807) is 21.5 Å². The third-order valence-electron chi connectivity index (χ3n) is 5.70. The van der Waals surface area contributed by atoms with Gasteiger partial charge in [-0.3, -0.25) is 4.79 Å². The largest absolute Gasteiger partial charge is 0.387 e. The molecule has 1 N–H and O–H groups in total. The number of benzene rings is 2. The van der Waals surface area contributed by atoms with Crippen molar-refractivity contribution in [3.8, 4) is 11.3 Å². The SMILES string of the molecule is Cc1ccc(-c2cc3c(=O)n(CC(O)c4c(C)cc(C)cc4C)ccn3n2)c(C)c1. The number of hydrogen-bond acceptors (Lipinski definition) is 3. The number of fused-ring (bicyclic) bond motifs is 1. The summed E-state index contributed by atoms with van der Waals surface area (Å²) >= 11 is 0. The van der Waals surface area contributed by atoms with Gasteiger partial charge in [-0.2, -0.15) is 5.10 Å². The molecule has 4 rings (SSSR count). The predicted molar refractivity (Wildman–Crippen MR) is 120 cm³/mol. The van der Waals surface area contributed by atoms with Crippen molar-refractivity contribution in [2.24, 2.45) is 0 Å². The maximum Gasteiger partial charge on any atom is 0.276 e. The molecule has 0 aliphatic heterocycles. The Bertz CT molecular complexity index is 1290. The average Bonchev–Trinajstić information content (AvgIpc) is 3.08. The molecule has 4 aromatic rings. The monoisotopic (exact) mass is 401 g/mol. The second-order valence-electron chi connectivity index (χ2n) is 8.26. The van der Waals surface area contributed by atoms with Crippen molar-refractivity contribution in [2.75, 3.05) is 0 Å². The van der Waals surface area contributed by atoms with Crippen LogP contribution >= 0.6 is 0 Å². The van der Waals surface area contributed by atoms with Crippen LogP contribution in [0.3, 0.4) is 0 Å². The fourth-order valence-corrected chi connectivity index (χ4v) is 4.40. The van der Waals surface area contributed by atoms with Gasteiger partial charge in [0.1, 0.15) is 5.52 Å². The molecule has 5 nitrogen and oxygen atoms in total. The van der Waals surface area contributed by atoms with Crippen LogP contribution in [0.2, 0.25) is 0 Å². The Morgan fingerprint density at radius 3 is 2.23 bits per heavy atom. The van der Waals surface area contributed by atoms with Crippen LogP contribution in [-0.4, -0.2) is 19.3 Å². The van der Waals surface area contributed by atoms with E-state index < -0.39 is 6.10 Å². The Hall–Kier alpha value is -3.18. The Labute approximate surface area is 176 Å². The Kier molecular flexibility index (Phi) is 5.08. The third-order valence-corrected chi connectivity index (χ3v) is 5.70. The Morgan fingerprint density at radius 2 is 1.57 bits per heavy atom. The molecular weight excluding hydrogens is 374 g/mol. The lowest BCUT2D eigenvalue weighted by atomic mass is 9.95. The summed E-state index contributed by atoms with van der Waals surface area (Å²) in [4.78, 5) is 13.1. The number of aromatic nitrogens is 3. The van der Waals surface area contributed by atoms with Crippen LogP contribution < -0.4 is 5.56 Å². The summed E-state index contributed by atoms with van der Waals surface area (Å²) in [6.45, 7) is 10.3. The van der Waals surface area contributed by atoms with Gasteiger partial charge >= 0.3 is 0 Å². The molecule has 2 heterocycles. The van der Waals surface area contributed by atoms with Gasteiger partial charge < -0.3 is 9.67 Å². The molecule has 0 spiro atoms. The number of aliphatic hydroxyl groups excluding tert-OH is 1. The Balaban J connectivity index is 1.71. The fraction of sp³-hybridized carbons (Fsp3) is 0.280. The van der Waals surface area contributed by atoms with E-state index in [9.17, 15) is 9.90 Å². The van der Waals surface area contributed by atoms with E-state index in [4.69, 9.17) is 0 Å². The van der Waals surface area contributed by atoms with Gasteiger partial charge in [-0.05, 0) is 62.9 Å². The van der Waals surface area contributed by atoms with Crippen molar-refractivity contribution >= 4 is 5.52 Å². The van der Waals surface area contributed by atoms with Gasteiger partial charge in [-0.15, -0.1) is 0 Å². The standard InChI is InChI=1S/C25H27N3O2/c1-15-6-7-20(17(3)10-15)21-13-22-25(30)27(8-9-28(22)26-21)14-23(29)24-18(4)11-16(2)12-19(24)5/h6-13,23,29H,14H2,1-5H3. The topological polar surface area (TPSA) is 59.5 Å². The third kappa shape index (κ3) is 3.57. The van der Waals surface area contributed by atoms with Crippen LogP contribution in [0.1, 0.15) is 39.5 Å². The molecule has 0 saturated heterocycles. The molecule has 0 fully saturated rings. The molecule has 0 saturated carbocycles. The van der Waals surface area contributed by atoms with Gasteiger partial charge in [0.15, 0.2) is 0 Å². The molecule has 0 amide bonds. The van der Waals surface area contributed by atoms with Crippen LogP contribution in [0.15, 0.2) is 53.6 Å². The fourth-order valence-electron chi connectivity index (χ4n) is 4.40. The first-order valence-corrected chi connectivity index (χ1v) is 10.2. The van der Waals surface area contributed by atoms with E-state index in [2.05, 4.69) is 30.2 Å². The molecule has 1 unspecified atom stereocenters. The molecular formula is C25H27N3O2. The smallest absolute Gasteiger partial charge is 0.276 e. The second kappa shape index (κ2) is 7.58. The van der Waals surface area contributed by atoms with Gasteiger partial charge in [0.05, 0.1) is 18.3 Å². The molecule has 2 aromatic heterocycles. The van der Waals surface area contributed by atoms with Gasteiger partial charge in [0.2, 0.25) is 0 Å². The van der Waals surface area contributed by atoms with E-state index in [1.807, 2.05) is 45.9 Å². The van der Waals surface area contributed by atoms with Crippen molar-refractivity contribution in [1.29, 1.82) is 0 Å². The number of nitrogens with zero attached hydrogens (tertiary/aromatic N) is 3. The maximum absolute atomic E-state index is 13.1. The van der Waals surface area contributed by atoms with E-state index >= 15 is 0 Å². The highest BCUT2D eigenvalue weighted by Crippen LogP contribution is 2.25. The van der Waals surface area contributed by atoms with Crippen LogP contribution in [0.5, 0.6) is 0 Å². The quantitative estimate of drug-likeness (QED) is 0.550. The number of aliphatic hydroxyl groups is 1. The van der Waals surface area contributed by atoms with Crippen molar-refractivity contribution in [2.45, 2.75) is 47.3 Å². The summed E-state index contributed by atoms with van der Waals surface area (Å²) in [5, 5.41) is 15.5. The highest BCUT2D eigenvalue weighted by Gasteiger charge is 2.17. The average molecular weight is 402 g/mol. The molecule has 0 bridgehead atoms. The maximum atomic E-state index is 13.1. The summed E-state index contributed by atoms with van der Waals surface area (Å²) in [5.74, 6) is 0. The lowest BCUT2D eigenvalue weighted by Gasteiger charge is -2.18. The normalized spacial score (nSPS) is 12.5. The molecule has 2 aromatic carbocycles. The second-order valence-corrected chi connectivity index (χ2v) is 8.26. The first-order valence-electron chi connectivity index (χ1n) is 10.2. The molecule has 0 radical (unpaired) electrons. The first kappa shape index (κ1) is 20.1. The van der Waals surface area contributed by atoms with Gasteiger partial charge in [0.25, 0.3) is 5.56 Å². The van der Waals surface area contributed by atoms with E-state index in [0.717, 1.165) is 39.1 Å². The van der Waals surface area contributed by atoms with E-state index in [1.165, 1.54) is 5.56 Å². The zero-order chi connectivity index (χ0) is 21.6. The number of rotatable bonds is 4. The highest BCUT2D eigenvalue weighted by atomic mass is 16.3. The first-order chi connectivity index (χ1) is 14.2. The minimum atomic E-state index is -0.757. The Morgan fingerprint density at radius 1 is 0.900 bits per heavy atom. The molecule has 30 heavy (non-hydrogen) atoms. The molecule has 5 heteroatoms. The predicted octanol–water partition coefficient (Wildman–Crippen LogP) is 4.44. The van der Waals surface area contributed by atoms with E-state index in [0.29, 0.717) is 5.52 Å². The van der Waals surface area contributed by atoms with Crippen LogP contribution in [0, 0.1) is 34.6 Å². The van der Waals surface area contributed by atoms with Gasteiger partial charge in [-0.25, -0.2) is 4.52 Å². The zero-order valence-corrected chi connectivity index (χ0v) is 18.1. The molecule has 154 valence electrons. The van der Waals surface area contributed by atoms with Crippen molar-refractivity contribution in [3.05, 3.63) is 92.5 Å². The van der Waals surface area contributed by atoms with E-state index in [-0.39, 0.29) is 12.1 Å². The molecule has 0 aliphatic carbocycles. The van der Waals surface area contributed by atoms with Gasteiger partial charge in [-0.1, -0.05) is 41.5 Å². The summed E-state index contributed by atoms with van der Waals surface area (Å²) in [7, 11) is 0. The lowest BCUT2D eigenvalue weighted by molar-refractivity contribution is 0.153. The zero-order valence-electron chi connectivity index (χ0n) is 18.1. The summed E-state index contributed by atoms with van der Waals surface area (Å²) in [5.41, 5.74) is 8.56. The lowest BCUT2D eigenvalue weighted by Crippen LogP contribution is -2.24. The van der Waals surface area contributed by atoms with Crippen molar-refractivity contribution < 1.29 is 5.11 Å². The highest BCUT2D eigenvalue weighted by molar-refractivity contribution is 5.68. The minimum Gasteiger partial charge on any atom is -0.387 e. The summed E-state index contributed by atoms with van der Waals surface area (Å²) in [6, 6.07) is 12.1.